The van der Waals surface area contributed by atoms with Crippen molar-refractivity contribution in [3.05, 3.63) is 158 Å². The summed E-state index contributed by atoms with van der Waals surface area (Å²) in [4.78, 5) is 7.04. The molecule has 4 heterocycles. The van der Waals surface area contributed by atoms with Gasteiger partial charge in [0.15, 0.2) is 0 Å². The Balaban J connectivity index is 1.10. The van der Waals surface area contributed by atoms with Crippen LogP contribution < -0.4 is 4.90 Å². The predicted octanol–water partition coefficient (Wildman–Crippen LogP) is 13.1. The first-order chi connectivity index (χ1) is 24.8. The van der Waals surface area contributed by atoms with E-state index in [1.807, 2.05) is 48.7 Å². The Morgan fingerprint density at radius 1 is 0.420 bits per heavy atom. The third-order valence-electron chi connectivity index (χ3n) is 9.89. The summed E-state index contributed by atoms with van der Waals surface area (Å²) in [7, 11) is 0. The number of aromatic nitrogens is 1. The molecule has 0 aliphatic heterocycles. The van der Waals surface area contributed by atoms with E-state index in [-0.39, 0.29) is 0 Å². The van der Waals surface area contributed by atoms with Gasteiger partial charge in [-0.15, -0.1) is 0 Å². The topological polar surface area (TPSA) is 55.6 Å². The van der Waals surface area contributed by atoms with Gasteiger partial charge in [0.25, 0.3) is 0 Å². The number of nitrogens with zero attached hydrogens (tertiary/aromatic N) is 2. The zero-order valence-electron chi connectivity index (χ0n) is 26.6. The largest absolute Gasteiger partial charge is 0.456 e. The Hall–Kier alpha value is -6.85. The number of rotatable bonds is 4. The van der Waals surface area contributed by atoms with E-state index in [0.29, 0.717) is 0 Å². The van der Waals surface area contributed by atoms with Gasteiger partial charge < -0.3 is 18.2 Å². The van der Waals surface area contributed by atoms with Gasteiger partial charge in [-0.05, 0) is 78.4 Å². The molecule has 5 heteroatoms. The van der Waals surface area contributed by atoms with Crippen LogP contribution in [0.5, 0.6) is 0 Å². The number of fused-ring (bicyclic) bond motifs is 11. The smallest absolute Gasteiger partial charge is 0.145 e. The summed E-state index contributed by atoms with van der Waals surface area (Å²) in [6.07, 6.45) is 1.85. The fourth-order valence-corrected chi connectivity index (χ4v) is 7.59. The minimum Gasteiger partial charge on any atom is -0.456 e. The average Bonchev–Trinajstić information content (AvgIpc) is 3.86. The van der Waals surface area contributed by atoms with Crippen LogP contribution in [0.25, 0.3) is 87.8 Å². The molecule has 0 saturated heterocycles. The molecule has 234 valence electrons. The Labute approximate surface area is 285 Å². The van der Waals surface area contributed by atoms with Crippen molar-refractivity contribution in [1.82, 2.24) is 4.98 Å². The quantitative estimate of drug-likeness (QED) is 0.191. The molecule has 0 radical (unpaired) electrons. The average molecular weight is 643 g/mol. The van der Waals surface area contributed by atoms with E-state index in [4.69, 9.17) is 18.2 Å². The molecule has 0 unspecified atom stereocenters. The van der Waals surface area contributed by atoms with Gasteiger partial charge in [0.05, 0.1) is 10.9 Å². The Bertz CT molecular complexity index is 3110. The van der Waals surface area contributed by atoms with Gasteiger partial charge in [-0.3, -0.25) is 4.98 Å². The van der Waals surface area contributed by atoms with Crippen LogP contribution in [-0.4, -0.2) is 4.98 Å². The number of benzene rings is 7. The maximum atomic E-state index is 6.53. The predicted molar refractivity (Wildman–Crippen MR) is 204 cm³/mol. The second-order valence-electron chi connectivity index (χ2n) is 12.7. The lowest BCUT2D eigenvalue weighted by Crippen LogP contribution is -2.09. The fourth-order valence-electron chi connectivity index (χ4n) is 7.59. The molecule has 0 atom stereocenters. The number of hydrogen-bond acceptors (Lipinski definition) is 5. The molecule has 0 amide bonds. The molecule has 11 rings (SSSR count). The lowest BCUT2D eigenvalue weighted by atomic mass is 9.98. The minimum atomic E-state index is 0.842. The number of hydrogen-bond donors (Lipinski definition) is 0. The summed E-state index contributed by atoms with van der Waals surface area (Å²) in [5.74, 6) is 0. The molecule has 0 saturated carbocycles. The van der Waals surface area contributed by atoms with Crippen molar-refractivity contribution in [2.24, 2.45) is 0 Å². The molecule has 0 fully saturated rings. The van der Waals surface area contributed by atoms with Crippen molar-refractivity contribution in [1.29, 1.82) is 0 Å². The monoisotopic (exact) mass is 642 g/mol. The van der Waals surface area contributed by atoms with Crippen molar-refractivity contribution in [2.45, 2.75) is 0 Å². The third kappa shape index (κ3) is 3.98. The first-order valence-corrected chi connectivity index (χ1v) is 16.7. The van der Waals surface area contributed by atoms with Crippen molar-refractivity contribution >= 4 is 93.8 Å². The van der Waals surface area contributed by atoms with Gasteiger partial charge >= 0.3 is 0 Å². The van der Waals surface area contributed by atoms with E-state index in [2.05, 4.69) is 114 Å². The molecule has 0 N–H and O–H groups in total. The van der Waals surface area contributed by atoms with E-state index in [0.717, 1.165) is 105 Å². The molecule has 5 nitrogen and oxygen atoms in total. The highest BCUT2D eigenvalue weighted by Crippen LogP contribution is 2.43. The Morgan fingerprint density at radius 3 is 1.82 bits per heavy atom. The highest BCUT2D eigenvalue weighted by Gasteiger charge is 2.20. The highest BCUT2D eigenvalue weighted by atomic mass is 16.3. The van der Waals surface area contributed by atoms with E-state index in [1.165, 1.54) is 0 Å². The van der Waals surface area contributed by atoms with Gasteiger partial charge in [-0.1, -0.05) is 72.8 Å². The van der Waals surface area contributed by atoms with Crippen LogP contribution in [0.3, 0.4) is 0 Å². The summed E-state index contributed by atoms with van der Waals surface area (Å²) < 4.78 is 19.1. The van der Waals surface area contributed by atoms with Crippen LogP contribution in [0.1, 0.15) is 0 Å². The van der Waals surface area contributed by atoms with Crippen molar-refractivity contribution < 1.29 is 13.3 Å². The first kappa shape index (κ1) is 27.1. The zero-order chi connectivity index (χ0) is 32.8. The molecular weight excluding hydrogens is 617 g/mol. The van der Waals surface area contributed by atoms with Crippen molar-refractivity contribution in [3.8, 4) is 11.1 Å². The highest BCUT2D eigenvalue weighted by molar-refractivity contribution is 6.21. The van der Waals surface area contributed by atoms with Crippen LogP contribution in [0.4, 0.5) is 17.1 Å². The van der Waals surface area contributed by atoms with Gasteiger partial charge in [-0.25, -0.2) is 0 Å². The van der Waals surface area contributed by atoms with E-state index < -0.39 is 0 Å². The zero-order valence-corrected chi connectivity index (χ0v) is 26.6. The number of anilines is 3. The van der Waals surface area contributed by atoms with E-state index >= 15 is 0 Å². The molecule has 0 spiro atoms. The van der Waals surface area contributed by atoms with Crippen LogP contribution in [0.2, 0.25) is 0 Å². The van der Waals surface area contributed by atoms with Crippen LogP contribution in [0, 0.1) is 0 Å². The van der Waals surface area contributed by atoms with Crippen LogP contribution in [0.15, 0.2) is 171 Å². The number of para-hydroxylation sites is 3. The summed E-state index contributed by atoms with van der Waals surface area (Å²) in [6.45, 7) is 0. The molecule has 0 aliphatic carbocycles. The molecule has 4 aromatic heterocycles. The maximum absolute atomic E-state index is 6.53. The van der Waals surface area contributed by atoms with Crippen LogP contribution >= 0.6 is 0 Å². The Kier molecular flexibility index (Phi) is 5.60. The first-order valence-electron chi connectivity index (χ1n) is 16.7. The lowest BCUT2D eigenvalue weighted by molar-refractivity contribution is 0.668. The Morgan fingerprint density at radius 2 is 1.02 bits per heavy atom. The van der Waals surface area contributed by atoms with Crippen LogP contribution in [-0.2, 0) is 0 Å². The van der Waals surface area contributed by atoms with E-state index in [1.54, 1.807) is 0 Å². The van der Waals surface area contributed by atoms with Crippen molar-refractivity contribution in [2.75, 3.05) is 4.90 Å². The normalized spacial score (nSPS) is 12.0. The standard InChI is InChI=1S/C45H26N2O3/c1-4-12-38-32(9-1)34-21-19-31(26-42(34)49-38)47(30-20-22-41-37(25-30)33-10-2-5-13-39(33)48-41)29-17-15-27(16-18-29)36-24-28-8-7-23-46-44(28)43-35-11-3-6-14-40(35)50-45(36)43/h1-26H. The number of furan rings is 3. The van der Waals surface area contributed by atoms with Crippen molar-refractivity contribution in [3.63, 3.8) is 0 Å². The molecule has 0 aliphatic rings. The summed E-state index contributed by atoms with van der Waals surface area (Å²) in [6, 6.07) is 52.4. The third-order valence-corrected chi connectivity index (χ3v) is 9.89. The van der Waals surface area contributed by atoms with Gasteiger partial charge in [0.2, 0.25) is 0 Å². The summed E-state index contributed by atoms with van der Waals surface area (Å²) in [5, 5.41) is 7.55. The second-order valence-corrected chi connectivity index (χ2v) is 12.7. The van der Waals surface area contributed by atoms with Gasteiger partial charge in [0.1, 0.15) is 33.5 Å². The number of pyridine rings is 1. The maximum Gasteiger partial charge on any atom is 0.145 e. The molecule has 50 heavy (non-hydrogen) atoms. The van der Waals surface area contributed by atoms with Gasteiger partial charge in [0, 0.05) is 67.2 Å². The molecule has 11 aromatic rings. The molecule has 0 bridgehead atoms. The summed E-state index contributed by atoms with van der Waals surface area (Å²) >= 11 is 0. The SMILES string of the molecule is c1cnc2c(c1)cc(-c1ccc(N(c3ccc4c(c3)oc3ccccc34)c3ccc4oc5ccccc5c4c3)cc1)c1oc3ccccc3c12. The molecule has 7 aromatic carbocycles. The van der Waals surface area contributed by atoms with E-state index in [9.17, 15) is 0 Å². The fraction of sp³-hybridized carbons (Fsp3) is 0. The molecular formula is C45H26N2O3. The minimum absolute atomic E-state index is 0.842. The van der Waals surface area contributed by atoms with Gasteiger partial charge in [-0.2, -0.15) is 0 Å². The lowest BCUT2D eigenvalue weighted by Gasteiger charge is -2.25. The summed E-state index contributed by atoms with van der Waals surface area (Å²) in [5.41, 5.74) is 11.2. The second kappa shape index (κ2) is 10.3.